The Morgan fingerprint density at radius 3 is 2.44 bits per heavy atom. The predicted octanol–water partition coefficient (Wildman–Crippen LogP) is 4.20. The molecular weight excluding hydrogens is 358 g/mol. The van der Waals surface area contributed by atoms with E-state index >= 15 is 0 Å². The van der Waals surface area contributed by atoms with Gasteiger partial charge in [-0.2, -0.15) is 0 Å². The smallest absolute Gasteiger partial charge is 0.237 e. The van der Waals surface area contributed by atoms with Crippen LogP contribution in [0.2, 0.25) is 0 Å². The van der Waals surface area contributed by atoms with Gasteiger partial charge in [0.25, 0.3) is 0 Å². The summed E-state index contributed by atoms with van der Waals surface area (Å²) < 4.78 is 5.51. The average Bonchev–Trinajstić information content (AvgIpc) is 3.18. The fourth-order valence-corrected chi connectivity index (χ4v) is 4.17. The molecule has 0 saturated carbocycles. The van der Waals surface area contributed by atoms with Crippen LogP contribution >= 0.6 is 11.3 Å². The Labute approximate surface area is 162 Å². The van der Waals surface area contributed by atoms with Crippen LogP contribution in [0.25, 0.3) is 10.6 Å². The normalized spacial score (nSPS) is 16.0. The molecule has 1 fully saturated rings. The van der Waals surface area contributed by atoms with Crippen molar-refractivity contribution in [1.82, 2.24) is 10.2 Å². The standard InChI is InChI=1S/C21H21N3O2S/c1-15-7-9-16(10-8-15)18-23-24-20(27-18)22-19(25)21(11-13-26-14-12-21)17-5-3-2-4-6-17/h2-10H,11-14H2,1H3,(H,22,24,25). The maximum atomic E-state index is 13.3. The average molecular weight is 379 g/mol. The Balaban J connectivity index is 1.58. The van der Waals surface area contributed by atoms with E-state index in [4.69, 9.17) is 4.74 Å². The molecule has 4 rings (SSSR count). The highest BCUT2D eigenvalue weighted by Crippen LogP contribution is 2.37. The van der Waals surface area contributed by atoms with E-state index in [0.29, 0.717) is 31.2 Å². The van der Waals surface area contributed by atoms with Gasteiger partial charge in [-0.15, -0.1) is 10.2 Å². The number of carbonyl (C=O) groups excluding carboxylic acids is 1. The zero-order chi connectivity index (χ0) is 18.7. The van der Waals surface area contributed by atoms with Crippen molar-refractivity contribution in [2.75, 3.05) is 18.5 Å². The molecule has 6 heteroatoms. The topological polar surface area (TPSA) is 64.1 Å². The van der Waals surface area contributed by atoms with Gasteiger partial charge >= 0.3 is 0 Å². The summed E-state index contributed by atoms with van der Waals surface area (Å²) in [5.74, 6) is -0.0383. The summed E-state index contributed by atoms with van der Waals surface area (Å²) in [6, 6.07) is 18.1. The van der Waals surface area contributed by atoms with Crippen LogP contribution in [0.3, 0.4) is 0 Å². The number of carbonyl (C=O) groups is 1. The number of nitrogens with zero attached hydrogens (tertiary/aromatic N) is 2. The third-order valence-electron chi connectivity index (χ3n) is 5.05. The van der Waals surface area contributed by atoms with Gasteiger partial charge in [0.15, 0.2) is 0 Å². The lowest BCUT2D eigenvalue weighted by Gasteiger charge is -2.35. The van der Waals surface area contributed by atoms with Crippen LogP contribution in [0.4, 0.5) is 5.13 Å². The molecule has 1 saturated heterocycles. The third-order valence-corrected chi connectivity index (χ3v) is 5.94. The summed E-state index contributed by atoms with van der Waals surface area (Å²) in [6.45, 7) is 3.20. The molecule has 1 aromatic heterocycles. The van der Waals surface area contributed by atoms with Gasteiger partial charge in [-0.1, -0.05) is 71.5 Å². The van der Waals surface area contributed by atoms with Crippen molar-refractivity contribution in [2.45, 2.75) is 25.2 Å². The first-order chi connectivity index (χ1) is 13.2. The zero-order valence-electron chi connectivity index (χ0n) is 15.1. The predicted molar refractivity (Wildman–Crippen MR) is 107 cm³/mol. The van der Waals surface area contributed by atoms with Gasteiger partial charge in [-0.05, 0) is 25.3 Å². The molecule has 0 aliphatic carbocycles. The van der Waals surface area contributed by atoms with Gasteiger partial charge in [-0.3, -0.25) is 10.1 Å². The van der Waals surface area contributed by atoms with Crippen LogP contribution in [0.5, 0.6) is 0 Å². The molecule has 27 heavy (non-hydrogen) atoms. The number of nitrogens with one attached hydrogen (secondary N) is 1. The highest BCUT2D eigenvalue weighted by molar-refractivity contribution is 7.18. The number of hydrogen-bond acceptors (Lipinski definition) is 5. The number of aromatic nitrogens is 2. The number of ether oxygens (including phenoxy) is 1. The Kier molecular flexibility index (Phi) is 5.01. The van der Waals surface area contributed by atoms with E-state index in [1.807, 2.05) is 61.5 Å². The van der Waals surface area contributed by atoms with Crippen molar-refractivity contribution in [3.05, 3.63) is 65.7 Å². The fourth-order valence-electron chi connectivity index (χ4n) is 3.43. The fraction of sp³-hybridized carbons (Fsp3) is 0.286. The number of rotatable bonds is 4. The minimum atomic E-state index is -0.588. The highest BCUT2D eigenvalue weighted by Gasteiger charge is 2.42. The number of anilines is 1. The van der Waals surface area contributed by atoms with Gasteiger partial charge < -0.3 is 4.74 Å². The maximum absolute atomic E-state index is 13.3. The first kappa shape index (κ1) is 17.8. The monoisotopic (exact) mass is 379 g/mol. The van der Waals surface area contributed by atoms with E-state index in [2.05, 4.69) is 15.5 Å². The van der Waals surface area contributed by atoms with Gasteiger partial charge in [0.05, 0.1) is 5.41 Å². The summed E-state index contributed by atoms with van der Waals surface area (Å²) >= 11 is 1.39. The summed E-state index contributed by atoms with van der Waals surface area (Å²) in [5.41, 5.74) is 2.63. The Morgan fingerprint density at radius 1 is 1.04 bits per heavy atom. The van der Waals surface area contributed by atoms with Gasteiger partial charge in [0.1, 0.15) is 5.01 Å². The minimum absolute atomic E-state index is 0.0383. The number of benzene rings is 2. The largest absolute Gasteiger partial charge is 0.381 e. The molecule has 0 bridgehead atoms. The van der Waals surface area contributed by atoms with Crippen LogP contribution in [0.1, 0.15) is 24.0 Å². The van der Waals surface area contributed by atoms with Crippen LogP contribution in [-0.2, 0) is 14.9 Å². The number of hydrogen-bond donors (Lipinski definition) is 1. The summed E-state index contributed by atoms with van der Waals surface area (Å²) in [4.78, 5) is 13.3. The molecule has 2 aromatic carbocycles. The van der Waals surface area contributed by atoms with Gasteiger partial charge in [-0.25, -0.2) is 0 Å². The lowest BCUT2D eigenvalue weighted by Crippen LogP contribution is -2.44. The third kappa shape index (κ3) is 3.63. The van der Waals surface area contributed by atoms with Crippen molar-refractivity contribution in [3.8, 4) is 10.6 Å². The van der Waals surface area contributed by atoms with Gasteiger partial charge in [0, 0.05) is 18.8 Å². The van der Waals surface area contributed by atoms with E-state index in [1.54, 1.807) is 0 Å². The van der Waals surface area contributed by atoms with Crippen molar-refractivity contribution in [1.29, 1.82) is 0 Å². The number of aryl methyl sites for hydroxylation is 1. The SMILES string of the molecule is Cc1ccc(-c2nnc(NC(=O)C3(c4ccccc4)CCOCC3)s2)cc1. The van der Waals surface area contributed by atoms with E-state index in [-0.39, 0.29) is 5.91 Å². The maximum Gasteiger partial charge on any atom is 0.237 e. The second kappa shape index (κ2) is 7.58. The van der Waals surface area contributed by atoms with E-state index in [1.165, 1.54) is 16.9 Å². The van der Waals surface area contributed by atoms with E-state index in [0.717, 1.165) is 16.1 Å². The van der Waals surface area contributed by atoms with Crippen LogP contribution in [-0.4, -0.2) is 29.3 Å². The minimum Gasteiger partial charge on any atom is -0.381 e. The number of amides is 1. The van der Waals surface area contributed by atoms with Crippen molar-refractivity contribution in [2.24, 2.45) is 0 Å². The Hall–Kier alpha value is -2.57. The van der Waals surface area contributed by atoms with E-state index < -0.39 is 5.41 Å². The molecule has 0 unspecified atom stereocenters. The van der Waals surface area contributed by atoms with Crippen LogP contribution in [0, 0.1) is 6.92 Å². The molecule has 0 spiro atoms. The first-order valence-electron chi connectivity index (χ1n) is 9.03. The molecule has 2 heterocycles. The molecule has 138 valence electrons. The second-order valence-electron chi connectivity index (χ2n) is 6.79. The molecule has 0 radical (unpaired) electrons. The molecule has 0 atom stereocenters. The summed E-state index contributed by atoms with van der Waals surface area (Å²) in [7, 11) is 0. The molecule has 5 nitrogen and oxygen atoms in total. The molecule has 3 aromatic rings. The van der Waals surface area contributed by atoms with E-state index in [9.17, 15) is 4.79 Å². The van der Waals surface area contributed by atoms with Crippen LogP contribution in [0.15, 0.2) is 54.6 Å². The first-order valence-corrected chi connectivity index (χ1v) is 9.84. The molecular formula is C21H21N3O2S. The zero-order valence-corrected chi connectivity index (χ0v) is 16.0. The second-order valence-corrected chi connectivity index (χ2v) is 7.77. The molecule has 1 amide bonds. The highest BCUT2D eigenvalue weighted by atomic mass is 32.1. The lowest BCUT2D eigenvalue weighted by molar-refractivity contribution is -0.125. The summed E-state index contributed by atoms with van der Waals surface area (Å²) in [5, 5.41) is 12.7. The quantitative estimate of drug-likeness (QED) is 0.738. The van der Waals surface area contributed by atoms with Crippen molar-refractivity contribution < 1.29 is 9.53 Å². The molecule has 1 N–H and O–H groups in total. The summed E-state index contributed by atoms with van der Waals surface area (Å²) in [6.07, 6.45) is 1.32. The molecule has 1 aliphatic rings. The molecule has 1 aliphatic heterocycles. The van der Waals surface area contributed by atoms with Crippen molar-refractivity contribution >= 4 is 22.4 Å². The Bertz CT molecular complexity index is 916. The van der Waals surface area contributed by atoms with Crippen LogP contribution < -0.4 is 5.32 Å². The van der Waals surface area contributed by atoms with Gasteiger partial charge in [0.2, 0.25) is 11.0 Å². The van der Waals surface area contributed by atoms with Crippen molar-refractivity contribution in [3.63, 3.8) is 0 Å². The lowest BCUT2D eigenvalue weighted by atomic mass is 9.73. The Morgan fingerprint density at radius 2 is 1.74 bits per heavy atom.